The van der Waals surface area contributed by atoms with Crippen LogP contribution in [0.2, 0.25) is 0 Å². The van der Waals surface area contributed by atoms with E-state index in [1.165, 1.54) is 11.3 Å². The number of carbonyl (C=O) groups excluding carboxylic acids is 2. The molecule has 2 aromatic rings. The SMILES string of the molecule is N#CCOc1cccc(CNC(=O)CC2(CC(=O)Nc3nccs3)CCCCC2)c1. The minimum atomic E-state index is -0.304. The van der Waals surface area contributed by atoms with E-state index < -0.39 is 0 Å². The number of aromatic nitrogens is 1. The summed E-state index contributed by atoms with van der Waals surface area (Å²) in [6.07, 6.45) is 7.30. The lowest BCUT2D eigenvalue weighted by molar-refractivity contribution is -0.126. The molecule has 1 saturated carbocycles. The summed E-state index contributed by atoms with van der Waals surface area (Å²) in [6, 6.07) is 9.26. The van der Waals surface area contributed by atoms with Crippen LogP contribution in [0.4, 0.5) is 5.13 Å². The third-order valence-corrected chi connectivity index (χ3v) is 6.04. The molecule has 30 heavy (non-hydrogen) atoms. The van der Waals surface area contributed by atoms with Crippen LogP contribution in [0.1, 0.15) is 50.5 Å². The Labute approximate surface area is 180 Å². The Morgan fingerprint density at radius 2 is 2.00 bits per heavy atom. The van der Waals surface area contributed by atoms with Gasteiger partial charge in [0, 0.05) is 31.0 Å². The molecule has 2 amide bonds. The number of hydrogen-bond donors (Lipinski definition) is 2. The highest BCUT2D eigenvalue weighted by molar-refractivity contribution is 7.13. The number of carbonyl (C=O) groups is 2. The van der Waals surface area contributed by atoms with Gasteiger partial charge in [-0.25, -0.2) is 4.98 Å². The third-order valence-electron chi connectivity index (χ3n) is 5.36. The number of anilines is 1. The molecule has 3 rings (SSSR count). The fourth-order valence-corrected chi connectivity index (χ4v) is 4.52. The van der Waals surface area contributed by atoms with E-state index in [0.29, 0.717) is 30.3 Å². The van der Waals surface area contributed by atoms with E-state index in [9.17, 15) is 9.59 Å². The fourth-order valence-electron chi connectivity index (χ4n) is 3.97. The number of thiazole rings is 1. The van der Waals surface area contributed by atoms with Crippen LogP contribution >= 0.6 is 11.3 Å². The van der Waals surface area contributed by atoms with Crippen molar-refractivity contribution in [3.63, 3.8) is 0 Å². The Bertz CT molecular complexity index is 886. The summed E-state index contributed by atoms with van der Waals surface area (Å²) in [5.41, 5.74) is 0.597. The number of ether oxygens (including phenoxy) is 1. The molecule has 1 fully saturated rings. The van der Waals surface area contributed by atoms with Crippen LogP contribution < -0.4 is 15.4 Å². The molecule has 0 saturated heterocycles. The van der Waals surface area contributed by atoms with Gasteiger partial charge in [-0.1, -0.05) is 31.4 Å². The lowest BCUT2D eigenvalue weighted by Crippen LogP contribution is -2.36. The Kier molecular flexibility index (Phi) is 7.80. The first-order valence-electron chi connectivity index (χ1n) is 10.1. The molecule has 1 aliphatic rings. The third kappa shape index (κ3) is 6.56. The topological polar surface area (TPSA) is 104 Å². The largest absolute Gasteiger partial charge is 0.479 e. The average molecular weight is 427 g/mol. The number of rotatable bonds is 9. The highest BCUT2D eigenvalue weighted by Crippen LogP contribution is 2.42. The first-order chi connectivity index (χ1) is 14.6. The summed E-state index contributed by atoms with van der Waals surface area (Å²) >= 11 is 1.39. The van der Waals surface area contributed by atoms with Crippen LogP contribution in [-0.2, 0) is 16.1 Å². The van der Waals surface area contributed by atoms with E-state index in [1.807, 2.05) is 29.6 Å². The van der Waals surface area contributed by atoms with Gasteiger partial charge < -0.3 is 15.4 Å². The molecule has 1 aliphatic carbocycles. The molecule has 0 spiro atoms. The summed E-state index contributed by atoms with van der Waals surface area (Å²) in [4.78, 5) is 29.4. The highest BCUT2D eigenvalue weighted by atomic mass is 32.1. The molecule has 7 nitrogen and oxygen atoms in total. The van der Waals surface area contributed by atoms with Crippen molar-refractivity contribution < 1.29 is 14.3 Å². The zero-order chi connectivity index (χ0) is 21.2. The minimum Gasteiger partial charge on any atom is -0.479 e. The molecule has 2 N–H and O–H groups in total. The van der Waals surface area contributed by atoms with Crippen LogP contribution in [0.3, 0.4) is 0 Å². The number of nitrogens with one attached hydrogen (secondary N) is 2. The van der Waals surface area contributed by atoms with Crippen LogP contribution in [0, 0.1) is 16.7 Å². The van der Waals surface area contributed by atoms with Crippen molar-refractivity contribution >= 4 is 28.3 Å². The fraction of sp³-hybridized carbons (Fsp3) is 0.455. The van der Waals surface area contributed by atoms with Gasteiger partial charge in [-0.15, -0.1) is 11.3 Å². The monoisotopic (exact) mass is 426 g/mol. The smallest absolute Gasteiger partial charge is 0.226 e. The number of nitrogens with zero attached hydrogens (tertiary/aromatic N) is 2. The van der Waals surface area contributed by atoms with Gasteiger partial charge in [0.1, 0.15) is 11.8 Å². The Balaban J connectivity index is 1.56. The lowest BCUT2D eigenvalue weighted by atomic mass is 9.69. The van der Waals surface area contributed by atoms with Crippen molar-refractivity contribution in [1.82, 2.24) is 10.3 Å². The van der Waals surface area contributed by atoms with Crippen LogP contribution in [0.15, 0.2) is 35.8 Å². The normalized spacial score (nSPS) is 15.0. The maximum absolute atomic E-state index is 12.7. The predicted molar refractivity (Wildman–Crippen MR) is 115 cm³/mol. The van der Waals surface area contributed by atoms with Gasteiger partial charge in [0.15, 0.2) is 11.7 Å². The second-order valence-electron chi connectivity index (χ2n) is 7.67. The van der Waals surface area contributed by atoms with E-state index in [4.69, 9.17) is 10.00 Å². The van der Waals surface area contributed by atoms with Crippen molar-refractivity contribution in [3.8, 4) is 11.8 Å². The molecule has 1 aromatic heterocycles. The molecule has 158 valence electrons. The number of amides is 2. The molecule has 1 heterocycles. The standard InChI is InChI=1S/C22H26N4O3S/c23-9-11-29-18-6-4-5-17(13-18)16-25-19(27)14-22(7-2-1-3-8-22)15-20(28)26-21-24-10-12-30-21/h4-6,10,12-13H,1-3,7-8,11,14-16H2,(H,25,27)(H,24,26,28). The molecule has 1 aromatic carbocycles. The lowest BCUT2D eigenvalue weighted by Gasteiger charge is -2.36. The Morgan fingerprint density at radius 3 is 2.73 bits per heavy atom. The highest BCUT2D eigenvalue weighted by Gasteiger charge is 2.36. The number of benzene rings is 1. The average Bonchev–Trinajstić information content (AvgIpc) is 3.24. The maximum Gasteiger partial charge on any atom is 0.226 e. The first-order valence-corrected chi connectivity index (χ1v) is 11.0. The summed E-state index contributed by atoms with van der Waals surface area (Å²) in [5.74, 6) is 0.468. The molecule has 8 heteroatoms. The second kappa shape index (κ2) is 10.7. The summed E-state index contributed by atoms with van der Waals surface area (Å²) in [5, 5.41) is 16.9. The van der Waals surface area contributed by atoms with Crippen molar-refractivity contribution in [2.45, 2.75) is 51.5 Å². The van der Waals surface area contributed by atoms with Gasteiger partial charge in [-0.3, -0.25) is 9.59 Å². The van der Waals surface area contributed by atoms with Gasteiger partial charge in [-0.2, -0.15) is 5.26 Å². The summed E-state index contributed by atoms with van der Waals surface area (Å²) in [7, 11) is 0. The zero-order valence-electron chi connectivity index (χ0n) is 16.9. The van der Waals surface area contributed by atoms with E-state index in [2.05, 4.69) is 15.6 Å². The van der Waals surface area contributed by atoms with Crippen LogP contribution in [0.25, 0.3) is 0 Å². The maximum atomic E-state index is 12.7. The summed E-state index contributed by atoms with van der Waals surface area (Å²) < 4.78 is 5.30. The van der Waals surface area contributed by atoms with Gasteiger partial charge in [0.2, 0.25) is 11.8 Å². The van der Waals surface area contributed by atoms with Crippen LogP contribution in [-0.4, -0.2) is 23.4 Å². The van der Waals surface area contributed by atoms with Crippen molar-refractivity contribution in [1.29, 1.82) is 5.26 Å². The quantitative estimate of drug-likeness (QED) is 0.630. The van der Waals surface area contributed by atoms with Crippen molar-refractivity contribution in [2.24, 2.45) is 5.41 Å². The van der Waals surface area contributed by atoms with Gasteiger partial charge in [-0.05, 0) is 36.0 Å². The minimum absolute atomic E-state index is 0.0125. The molecule has 0 radical (unpaired) electrons. The molecule has 0 bridgehead atoms. The van der Waals surface area contributed by atoms with E-state index in [1.54, 1.807) is 12.3 Å². The van der Waals surface area contributed by atoms with Crippen molar-refractivity contribution in [3.05, 3.63) is 41.4 Å². The molecular weight excluding hydrogens is 400 g/mol. The number of nitriles is 1. The van der Waals surface area contributed by atoms with Crippen molar-refractivity contribution in [2.75, 3.05) is 11.9 Å². The molecule has 0 atom stereocenters. The van der Waals surface area contributed by atoms with Crippen LogP contribution in [0.5, 0.6) is 5.75 Å². The van der Waals surface area contributed by atoms with E-state index in [-0.39, 0.29) is 23.8 Å². The summed E-state index contributed by atoms with van der Waals surface area (Å²) in [6.45, 7) is 0.366. The van der Waals surface area contributed by atoms with Gasteiger partial charge >= 0.3 is 0 Å². The van der Waals surface area contributed by atoms with E-state index >= 15 is 0 Å². The number of hydrogen-bond acceptors (Lipinski definition) is 6. The second-order valence-corrected chi connectivity index (χ2v) is 8.57. The Hall–Kier alpha value is -2.92. The molecular formula is C22H26N4O3S. The zero-order valence-corrected chi connectivity index (χ0v) is 17.7. The van der Waals surface area contributed by atoms with Gasteiger partial charge in [0.05, 0.1) is 0 Å². The first kappa shape index (κ1) is 21.8. The van der Waals surface area contributed by atoms with E-state index in [0.717, 1.165) is 37.7 Å². The van der Waals surface area contributed by atoms with Gasteiger partial charge in [0.25, 0.3) is 0 Å². The Morgan fingerprint density at radius 1 is 1.20 bits per heavy atom. The molecule has 0 unspecified atom stereocenters. The molecule has 0 aliphatic heterocycles. The predicted octanol–water partition coefficient (Wildman–Crippen LogP) is 4.03.